The van der Waals surface area contributed by atoms with Crippen molar-refractivity contribution in [1.29, 1.82) is 0 Å². The van der Waals surface area contributed by atoms with Gasteiger partial charge in [-0.3, -0.25) is 14.4 Å². The molecule has 3 rings (SSSR count). The molecule has 0 aliphatic carbocycles. The fourth-order valence-electron chi connectivity index (χ4n) is 3.19. The van der Waals surface area contributed by atoms with Crippen LogP contribution in [-0.2, 0) is 24.1 Å². The van der Waals surface area contributed by atoms with Gasteiger partial charge in [-0.2, -0.15) is 5.21 Å². The molecule has 2 aromatic heterocycles. The third kappa shape index (κ3) is 5.54. The summed E-state index contributed by atoms with van der Waals surface area (Å²) in [5, 5.41) is 12.6. The molecule has 0 aliphatic heterocycles. The van der Waals surface area contributed by atoms with E-state index >= 15 is 0 Å². The summed E-state index contributed by atoms with van der Waals surface area (Å²) in [7, 11) is 0. The van der Waals surface area contributed by atoms with Crippen LogP contribution in [-0.4, -0.2) is 43.0 Å². The van der Waals surface area contributed by atoms with E-state index in [-0.39, 0.29) is 18.0 Å². The van der Waals surface area contributed by atoms with Gasteiger partial charge in [-0.25, -0.2) is 0 Å². The number of hydrogen-bond acceptors (Lipinski definition) is 6. The van der Waals surface area contributed by atoms with E-state index in [4.69, 9.17) is 0 Å². The number of Topliss-reactive ketones (excluding diaryl/α,β-unsaturated/α-hetero) is 3. The Hall–Kier alpha value is -3.42. The zero-order valence-corrected chi connectivity index (χ0v) is 16.3. The Balaban J connectivity index is 1.42. The number of aryl methyl sites for hydroxylation is 2. The molecule has 0 saturated heterocycles. The summed E-state index contributed by atoms with van der Waals surface area (Å²) in [4.78, 5) is 38.5. The highest BCUT2D eigenvalue weighted by atomic mass is 16.2. The van der Waals surface area contributed by atoms with Gasteiger partial charge in [-0.1, -0.05) is 30.7 Å². The van der Waals surface area contributed by atoms with Gasteiger partial charge in [0.15, 0.2) is 5.78 Å². The summed E-state index contributed by atoms with van der Waals surface area (Å²) in [6.07, 6.45) is 6.68. The maximum Gasteiger partial charge on any atom is 0.269 e. The first-order valence-corrected chi connectivity index (χ1v) is 9.60. The third-order valence-corrected chi connectivity index (χ3v) is 4.84. The summed E-state index contributed by atoms with van der Waals surface area (Å²) in [6.45, 7) is 1.57. The van der Waals surface area contributed by atoms with Crippen molar-refractivity contribution in [2.45, 2.75) is 45.4 Å². The normalized spacial score (nSPS) is 10.8. The number of carbonyl (C=O) groups is 3. The van der Waals surface area contributed by atoms with Gasteiger partial charge in [-0.15, -0.1) is 10.2 Å². The highest BCUT2D eigenvalue weighted by molar-refractivity contribution is 6.43. The third-order valence-electron chi connectivity index (χ3n) is 4.84. The van der Waals surface area contributed by atoms with Gasteiger partial charge < -0.3 is 4.98 Å². The maximum atomic E-state index is 12.1. The molecule has 0 aliphatic rings. The minimum Gasteiger partial charge on any atom is -0.364 e. The topological polar surface area (TPSA) is 121 Å². The summed E-state index contributed by atoms with van der Waals surface area (Å²) in [5.41, 5.74) is 3.76. The number of unbranched alkanes of at least 4 members (excludes halogenated alkanes) is 2. The fraction of sp³-hybridized carbons (Fsp3) is 0.333. The highest BCUT2D eigenvalue weighted by Gasteiger charge is 2.22. The number of ketones is 3. The second kappa shape index (κ2) is 9.68. The number of aromatic nitrogens is 5. The summed E-state index contributed by atoms with van der Waals surface area (Å²) in [5.74, 6) is -1.44. The Morgan fingerprint density at radius 2 is 1.72 bits per heavy atom. The van der Waals surface area contributed by atoms with Crippen LogP contribution in [0.15, 0.2) is 36.5 Å². The van der Waals surface area contributed by atoms with Crippen LogP contribution >= 0.6 is 0 Å². The number of hydrogen-bond donors (Lipinski definition) is 2. The second-order valence-corrected chi connectivity index (χ2v) is 6.96. The number of tetrazole rings is 1. The number of aromatic amines is 2. The van der Waals surface area contributed by atoms with Gasteiger partial charge in [0.25, 0.3) is 5.78 Å². The SMILES string of the molecule is CC(=O)c1ccc(CCCCCc2cc[nH]c2CC(=O)C(=O)c2nn[nH]n2)cc1. The molecule has 8 heteroatoms. The average molecular weight is 393 g/mol. The molecule has 3 aromatic rings. The van der Waals surface area contributed by atoms with E-state index in [1.54, 1.807) is 13.1 Å². The van der Waals surface area contributed by atoms with Crippen molar-refractivity contribution in [2.75, 3.05) is 0 Å². The van der Waals surface area contributed by atoms with Crippen LogP contribution in [0.4, 0.5) is 0 Å². The van der Waals surface area contributed by atoms with Crippen LogP contribution in [0.3, 0.4) is 0 Å². The van der Waals surface area contributed by atoms with Crippen molar-refractivity contribution in [2.24, 2.45) is 0 Å². The van der Waals surface area contributed by atoms with E-state index in [9.17, 15) is 14.4 Å². The van der Waals surface area contributed by atoms with Crippen molar-refractivity contribution in [3.05, 3.63) is 64.7 Å². The molecule has 0 radical (unpaired) electrons. The van der Waals surface area contributed by atoms with Crippen molar-refractivity contribution >= 4 is 17.3 Å². The maximum absolute atomic E-state index is 12.1. The minimum absolute atomic E-state index is 0.00178. The standard InChI is InChI=1S/C21H23N5O3/c1-14(27)16-9-7-15(8-10-16)5-3-2-4-6-17-11-12-22-18(17)13-19(28)20(29)21-23-25-26-24-21/h7-12,22H,2-6,13H2,1H3,(H,23,24,25,26). The Bertz CT molecular complexity index is 974. The Labute approximate surface area is 168 Å². The van der Waals surface area contributed by atoms with Crippen molar-refractivity contribution in [1.82, 2.24) is 25.6 Å². The number of nitrogens with zero attached hydrogens (tertiary/aromatic N) is 3. The quantitative estimate of drug-likeness (QED) is 0.293. The van der Waals surface area contributed by atoms with Gasteiger partial charge in [0.1, 0.15) is 0 Å². The summed E-state index contributed by atoms with van der Waals surface area (Å²) >= 11 is 0. The van der Waals surface area contributed by atoms with Gasteiger partial charge >= 0.3 is 0 Å². The van der Waals surface area contributed by atoms with Crippen LogP contribution in [0.5, 0.6) is 0 Å². The molecule has 0 unspecified atom stereocenters. The summed E-state index contributed by atoms with van der Waals surface area (Å²) in [6, 6.07) is 9.70. The Morgan fingerprint density at radius 1 is 0.966 bits per heavy atom. The van der Waals surface area contributed by atoms with E-state index < -0.39 is 11.6 Å². The lowest BCUT2D eigenvalue weighted by Gasteiger charge is -2.05. The first-order valence-electron chi connectivity index (χ1n) is 9.60. The van der Waals surface area contributed by atoms with E-state index in [1.165, 1.54) is 5.56 Å². The van der Waals surface area contributed by atoms with E-state index in [2.05, 4.69) is 25.6 Å². The van der Waals surface area contributed by atoms with Crippen molar-refractivity contribution < 1.29 is 14.4 Å². The molecule has 0 spiro atoms. The van der Waals surface area contributed by atoms with Gasteiger partial charge in [0, 0.05) is 17.5 Å². The van der Waals surface area contributed by atoms with Gasteiger partial charge in [-0.05, 0) is 55.0 Å². The largest absolute Gasteiger partial charge is 0.364 e. The fourth-order valence-corrected chi connectivity index (χ4v) is 3.19. The molecular formula is C21H23N5O3. The first kappa shape index (κ1) is 20.3. The van der Waals surface area contributed by atoms with Crippen LogP contribution in [0.2, 0.25) is 0 Å². The highest BCUT2D eigenvalue weighted by Crippen LogP contribution is 2.15. The number of nitrogens with one attached hydrogen (secondary N) is 2. The molecule has 0 amide bonds. The lowest BCUT2D eigenvalue weighted by atomic mass is 10.0. The summed E-state index contributed by atoms with van der Waals surface area (Å²) < 4.78 is 0. The molecular weight excluding hydrogens is 370 g/mol. The lowest BCUT2D eigenvalue weighted by Crippen LogP contribution is -2.19. The smallest absolute Gasteiger partial charge is 0.269 e. The molecule has 8 nitrogen and oxygen atoms in total. The molecule has 0 atom stereocenters. The van der Waals surface area contributed by atoms with Crippen molar-refractivity contribution in [3.63, 3.8) is 0 Å². The molecule has 1 aromatic carbocycles. The second-order valence-electron chi connectivity index (χ2n) is 6.96. The molecule has 0 bridgehead atoms. The molecule has 0 fully saturated rings. The lowest BCUT2D eigenvalue weighted by molar-refractivity contribution is -0.114. The molecule has 29 heavy (non-hydrogen) atoms. The van der Waals surface area contributed by atoms with Crippen molar-refractivity contribution in [3.8, 4) is 0 Å². The van der Waals surface area contributed by atoms with Gasteiger partial charge in [0.2, 0.25) is 11.6 Å². The molecule has 0 saturated carbocycles. The zero-order valence-electron chi connectivity index (χ0n) is 16.3. The molecule has 150 valence electrons. The Kier molecular flexibility index (Phi) is 6.78. The van der Waals surface area contributed by atoms with E-state index in [1.807, 2.05) is 30.3 Å². The number of H-pyrrole nitrogens is 2. The Morgan fingerprint density at radius 3 is 2.41 bits per heavy atom. The molecule has 2 heterocycles. The van der Waals surface area contributed by atoms with Crippen LogP contribution in [0.25, 0.3) is 0 Å². The van der Waals surface area contributed by atoms with Gasteiger partial charge in [0.05, 0.1) is 6.42 Å². The van der Waals surface area contributed by atoms with E-state index in [0.717, 1.165) is 48.9 Å². The van der Waals surface area contributed by atoms with Crippen LogP contribution in [0, 0.1) is 0 Å². The predicted octanol–water partition coefficient (Wildman–Crippen LogP) is 2.68. The minimum atomic E-state index is -0.741. The van der Waals surface area contributed by atoms with Crippen LogP contribution in [0.1, 0.15) is 64.0 Å². The predicted molar refractivity (Wildman–Crippen MR) is 106 cm³/mol. The molecule has 2 N–H and O–H groups in total. The van der Waals surface area contributed by atoms with E-state index in [0.29, 0.717) is 0 Å². The average Bonchev–Trinajstić information content (AvgIpc) is 3.40. The first-order chi connectivity index (χ1) is 14.0. The van der Waals surface area contributed by atoms with Crippen LogP contribution < -0.4 is 0 Å². The number of rotatable bonds is 11. The number of benzene rings is 1. The monoisotopic (exact) mass is 393 g/mol. The number of carbonyl (C=O) groups excluding carboxylic acids is 3. The zero-order chi connectivity index (χ0) is 20.6.